The molecule has 0 fully saturated rings. The molecule has 0 N–H and O–H groups in total. The van der Waals surface area contributed by atoms with Gasteiger partial charge in [-0.15, -0.1) is 0 Å². The van der Waals surface area contributed by atoms with E-state index in [9.17, 15) is 4.39 Å². The average molecular weight is 181 g/mol. The molecular weight excluding hydrogens is 165 g/mol. The summed E-state index contributed by atoms with van der Waals surface area (Å²) in [7, 11) is 4.08. The highest BCUT2D eigenvalue weighted by molar-refractivity contribution is 5.19. The van der Waals surface area contributed by atoms with E-state index in [0.717, 1.165) is 6.42 Å². The highest BCUT2D eigenvalue weighted by atomic mass is 19.1. The van der Waals surface area contributed by atoms with Crippen molar-refractivity contribution >= 4 is 0 Å². The Labute approximate surface area is 79.2 Å². The molecule has 0 heterocycles. The van der Waals surface area contributed by atoms with E-state index in [0.29, 0.717) is 6.04 Å². The lowest BCUT2D eigenvalue weighted by Gasteiger charge is -2.23. The van der Waals surface area contributed by atoms with Gasteiger partial charge >= 0.3 is 0 Å². The van der Waals surface area contributed by atoms with Gasteiger partial charge in [0.25, 0.3) is 0 Å². The van der Waals surface area contributed by atoms with Crippen molar-refractivity contribution in [2.45, 2.75) is 19.4 Å². The first kappa shape index (κ1) is 10.2. The maximum Gasteiger partial charge on any atom is 0.123 e. The molecule has 1 unspecified atom stereocenters. The Bertz CT molecular complexity index is 253. The predicted molar refractivity (Wildman–Crippen MR) is 53.1 cm³/mol. The number of rotatable bonds is 3. The van der Waals surface area contributed by atoms with Gasteiger partial charge in [0, 0.05) is 6.04 Å². The molecule has 0 radical (unpaired) electrons. The average Bonchev–Trinajstić information content (AvgIpc) is 2.09. The molecule has 0 spiro atoms. The molecule has 1 atom stereocenters. The van der Waals surface area contributed by atoms with Crippen molar-refractivity contribution < 1.29 is 4.39 Å². The van der Waals surface area contributed by atoms with Crippen molar-refractivity contribution in [1.82, 2.24) is 4.90 Å². The number of nitrogens with zero attached hydrogens (tertiary/aromatic N) is 1. The molecule has 0 aliphatic heterocycles. The molecule has 1 nitrogen and oxygen atoms in total. The first-order valence-corrected chi connectivity index (χ1v) is 4.57. The molecule has 0 saturated carbocycles. The van der Waals surface area contributed by atoms with Crippen molar-refractivity contribution in [3.05, 3.63) is 35.6 Å². The van der Waals surface area contributed by atoms with E-state index >= 15 is 0 Å². The van der Waals surface area contributed by atoms with Crippen molar-refractivity contribution in [2.24, 2.45) is 0 Å². The van der Waals surface area contributed by atoms with Crippen LogP contribution in [0.4, 0.5) is 4.39 Å². The van der Waals surface area contributed by atoms with E-state index in [1.165, 1.54) is 17.7 Å². The summed E-state index contributed by atoms with van der Waals surface area (Å²) in [4.78, 5) is 2.15. The highest BCUT2D eigenvalue weighted by Gasteiger charge is 2.10. The van der Waals surface area contributed by atoms with Crippen LogP contribution in [0, 0.1) is 5.82 Å². The van der Waals surface area contributed by atoms with Crippen LogP contribution in [0.3, 0.4) is 0 Å². The van der Waals surface area contributed by atoms with E-state index in [4.69, 9.17) is 0 Å². The van der Waals surface area contributed by atoms with Gasteiger partial charge in [0.15, 0.2) is 0 Å². The molecule has 0 amide bonds. The summed E-state index contributed by atoms with van der Waals surface area (Å²) >= 11 is 0. The summed E-state index contributed by atoms with van der Waals surface area (Å²) in [6, 6.07) is 7.12. The van der Waals surface area contributed by atoms with Crippen molar-refractivity contribution in [2.75, 3.05) is 14.1 Å². The van der Waals surface area contributed by atoms with E-state index in [1.807, 2.05) is 26.2 Å². The van der Waals surface area contributed by atoms with Gasteiger partial charge < -0.3 is 4.90 Å². The minimum atomic E-state index is -0.169. The third kappa shape index (κ3) is 2.52. The van der Waals surface area contributed by atoms with Gasteiger partial charge in [-0.25, -0.2) is 4.39 Å². The zero-order chi connectivity index (χ0) is 9.84. The molecule has 1 aromatic rings. The van der Waals surface area contributed by atoms with E-state index < -0.39 is 0 Å². The highest BCUT2D eigenvalue weighted by Crippen LogP contribution is 2.21. The Hall–Kier alpha value is -0.890. The third-order valence-corrected chi connectivity index (χ3v) is 2.26. The van der Waals surface area contributed by atoms with Crippen LogP contribution in [-0.4, -0.2) is 19.0 Å². The van der Waals surface area contributed by atoms with Crippen LogP contribution in [0.15, 0.2) is 24.3 Å². The summed E-state index contributed by atoms with van der Waals surface area (Å²) in [6.07, 6.45) is 1.04. The van der Waals surface area contributed by atoms with Crippen molar-refractivity contribution in [1.29, 1.82) is 0 Å². The van der Waals surface area contributed by atoms with Gasteiger partial charge in [-0.2, -0.15) is 0 Å². The van der Waals surface area contributed by atoms with E-state index in [-0.39, 0.29) is 5.82 Å². The fraction of sp³-hybridized carbons (Fsp3) is 0.455. The standard InChI is InChI=1S/C11H16FN/c1-4-11(13(2)3)9-5-7-10(12)8-6-9/h5-8,11H,4H2,1-3H3. The fourth-order valence-corrected chi connectivity index (χ4v) is 1.58. The lowest BCUT2D eigenvalue weighted by Crippen LogP contribution is -2.18. The predicted octanol–water partition coefficient (Wildman–Crippen LogP) is 2.84. The molecular formula is C11H16FN. The number of hydrogen-bond acceptors (Lipinski definition) is 1. The molecule has 0 bridgehead atoms. The molecule has 0 aliphatic rings. The minimum absolute atomic E-state index is 0.169. The van der Waals surface area contributed by atoms with Gasteiger partial charge in [0.05, 0.1) is 0 Å². The monoisotopic (exact) mass is 181 g/mol. The van der Waals surface area contributed by atoms with Crippen LogP contribution in [-0.2, 0) is 0 Å². The Morgan fingerprint density at radius 2 is 1.77 bits per heavy atom. The van der Waals surface area contributed by atoms with Crippen LogP contribution in [0.1, 0.15) is 24.9 Å². The van der Waals surface area contributed by atoms with Crippen LogP contribution >= 0.6 is 0 Å². The van der Waals surface area contributed by atoms with Gasteiger partial charge in [0.1, 0.15) is 5.82 Å². The molecule has 1 aromatic carbocycles. The Kier molecular flexibility index (Phi) is 3.43. The fourth-order valence-electron chi connectivity index (χ4n) is 1.58. The van der Waals surface area contributed by atoms with Gasteiger partial charge in [-0.05, 0) is 38.2 Å². The molecule has 13 heavy (non-hydrogen) atoms. The second kappa shape index (κ2) is 4.38. The molecule has 0 saturated heterocycles. The maximum absolute atomic E-state index is 12.6. The number of benzene rings is 1. The van der Waals surface area contributed by atoms with Crippen molar-refractivity contribution in [3.8, 4) is 0 Å². The molecule has 1 rings (SSSR count). The molecule has 0 aromatic heterocycles. The maximum atomic E-state index is 12.6. The normalized spacial score (nSPS) is 13.3. The Morgan fingerprint density at radius 3 is 2.15 bits per heavy atom. The zero-order valence-electron chi connectivity index (χ0n) is 8.42. The molecule has 72 valence electrons. The zero-order valence-corrected chi connectivity index (χ0v) is 8.42. The lowest BCUT2D eigenvalue weighted by atomic mass is 10.0. The van der Waals surface area contributed by atoms with E-state index in [2.05, 4.69) is 11.8 Å². The van der Waals surface area contributed by atoms with Crippen LogP contribution in [0.2, 0.25) is 0 Å². The third-order valence-electron chi connectivity index (χ3n) is 2.26. The summed E-state index contributed by atoms with van der Waals surface area (Å²) < 4.78 is 12.6. The summed E-state index contributed by atoms with van der Waals surface area (Å²) in [6.45, 7) is 2.13. The molecule has 0 aliphatic carbocycles. The van der Waals surface area contributed by atoms with Gasteiger partial charge in [-0.1, -0.05) is 19.1 Å². The van der Waals surface area contributed by atoms with E-state index in [1.54, 1.807) is 0 Å². The second-order valence-electron chi connectivity index (χ2n) is 3.44. The quantitative estimate of drug-likeness (QED) is 0.693. The topological polar surface area (TPSA) is 3.24 Å². The Balaban J connectivity index is 2.86. The number of hydrogen-bond donors (Lipinski definition) is 0. The van der Waals surface area contributed by atoms with Crippen LogP contribution in [0.25, 0.3) is 0 Å². The smallest absolute Gasteiger partial charge is 0.123 e. The lowest BCUT2D eigenvalue weighted by molar-refractivity contribution is 0.292. The van der Waals surface area contributed by atoms with Crippen LogP contribution < -0.4 is 0 Å². The summed E-state index contributed by atoms with van der Waals surface area (Å²) in [5.74, 6) is -0.169. The first-order valence-electron chi connectivity index (χ1n) is 4.57. The first-order chi connectivity index (χ1) is 6.15. The van der Waals surface area contributed by atoms with Gasteiger partial charge in [0.2, 0.25) is 0 Å². The SMILES string of the molecule is CCC(c1ccc(F)cc1)N(C)C. The summed E-state index contributed by atoms with van der Waals surface area (Å²) in [5, 5.41) is 0. The van der Waals surface area contributed by atoms with Gasteiger partial charge in [-0.3, -0.25) is 0 Å². The molecule has 2 heteroatoms. The second-order valence-corrected chi connectivity index (χ2v) is 3.44. The minimum Gasteiger partial charge on any atom is -0.302 e. The number of halogens is 1. The largest absolute Gasteiger partial charge is 0.302 e. The van der Waals surface area contributed by atoms with Crippen molar-refractivity contribution in [3.63, 3.8) is 0 Å². The Morgan fingerprint density at radius 1 is 1.23 bits per heavy atom. The van der Waals surface area contributed by atoms with Crippen LogP contribution in [0.5, 0.6) is 0 Å². The summed E-state index contributed by atoms with van der Waals surface area (Å²) in [5.41, 5.74) is 1.17.